The van der Waals surface area contributed by atoms with Gasteiger partial charge in [0.25, 0.3) is 5.91 Å². The summed E-state index contributed by atoms with van der Waals surface area (Å²) in [6.07, 6.45) is 0.732. The van der Waals surface area contributed by atoms with Gasteiger partial charge in [-0.25, -0.2) is 4.39 Å². The van der Waals surface area contributed by atoms with Crippen LogP contribution in [0.2, 0.25) is 5.02 Å². The van der Waals surface area contributed by atoms with Crippen LogP contribution < -0.4 is 10.2 Å². The monoisotopic (exact) mass is 593 g/mol. The Morgan fingerprint density at radius 3 is 2.24 bits per heavy atom. The maximum atomic E-state index is 13.6. The largest absolute Gasteiger partial charge is 0.336 e. The zero-order valence-electron chi connectivity index (χ0n) is 22.7. The molecular formula is C31H33ClFN5O2S. The lowest BCUT2D eigenvalue weighted by atomic mass is 10.1. The predicted octanol–water partition coefficient (Wildman–Crippen LogP) is 5.02. The molecule has 10 heteroatoms. The number of benzene rings is 3. The number of hydrogen-bond donors (Lipinski definition) is 1. The molecule has 3 aromatic carbocycles. The van der Waals surface area contributed by atoms with Crippen molar-refractivity contribution in [2.75, 3.05) is 49.5 Å². The number of anilines is 2. The molecule has 0 aliphatic carbocycles. The molecule has 2 saturated heterocycles. The summed E-state index contributed by atoms with van der Waals surface area (Å²) in [4.78, 5) is 34.7. The third-order valence-corrected chi connectivity index (χ3v) is 8.17. The van der Waals surface area contributed by atoms with Crippen molar-refractivity contribution in [2.24, 2.45) is 0 Å². The van der Waals surface area contributed by atoms with Gasteiger partial charge in [-0.2, -0.15) is 0 Å². The van der Waals surface area contributed by atoms with Crippen LogP contribution in [0.5, 0.6) is 0 Å². The summed E-state index contributed by atoms with van der Waals surface area (Å²) in [6, 6.07) is 22.2. The van der Waals surface area contributed by atoms with Crippen LogP contribution in [0.15, 0.2) is 78.9 Å². The molecule has 2 amide bonds. The highest BCUT2D eigenvalue weighted by Crippen LogP contribution is 2.28. The van der Waals surface area contributed by atoms with Crippen LogP contribution in [0.3, 0.4) is 0 Å². The number of carbonyl (C=O) groups excluding carboxylic acids is 2. The maximum absolute atomic E-state index is 13.6. The van der Waals surface area contributed by atoms with E-state index >= 15 is 0 Å². The standard InChI is InChI=1S/C31H33ClFN5O2S/c32-24-7-11-26(12-8-24)34-29(39)21-28-30(40)38(27-13-9-25(33)10-14-27)31(41)37(28)16-4-15-35-17-19-36(20-18-35)22-23-5-2-1-3-6-23/h1-3,5-14,28H,4,15-22H2,(H,34,39)/t28-/m0/s1. The Morgan fingerprint density at radius 1 is 0.902 bits per heavy atom. The maximum Gasteiger partial charge on any atom is 0.256 e. The Bertz CT molecular complexity index is 1350. The minimum atomic E-state index is -0.748. The molecule has 0 bridgehead atoms. The van der Waals surface area contributed by atoms with E-state index in [9.17, 15) is 14.0 Å². The number of carbonyl (C=O) groups is 2. The second-order valence-corrected chi connectivity index (χ2v) is 11.2. The van der Waals surface area contributed by atoms with Crippen LogP contribution in [0.4, 0.5) is 15.8 Å². The highest BCUT2D eigenvalue weighted by atomic mass is 35.5. The molecule has 214 valence electrons. The van der Waals surface area contributed by atoms with Crippen molar-refractivity contribution in [2.45, 2.75) is 25.4 Å². The van der Waals surface area contributed by atoms with Crippen molar-refractivity contribution in [3.05, 3.63) is 95.3 Å². The van der Waals surface area contributed by atoms with Gasteiger partial charge in [-0.1, -0.05) is 41.9 Å². The number of nitrogens with zero attached hydrogens (tertiary/aromatic N) is 4. The summed E-state index contributed by atoms with van der Waals surface area (Å²) >= 11 is 11.7. The quantitative estimate of drug-likeness (QED) is 0.333. The Hall–Kier alpha value is -3.37. The second kappa shape index (κ2) is 13.5. The lowest BCUT2D eigenvalue weighted by Crippen LogP contribution is -2.47. The Balaban J connectivity index is 1.20. The minimum Gasteiger partial charge on any atom is -0.336 e. The molecule has 3 aromatic rings. The zero-order chi connectivity index (χ0) is 28.8. The van der Waals surface area contributed by atoms with Crippen molar-refractivity contribution < 1.29 is 14.0 Å². The van der Waals surface area contributed by atoms with Crippen LogP contribution in [0, 0.1) is 5.82 Å². The summed E-state index contributed by atoms with van der Waals surface area (Å²) in [6.45, 7) is 6.31. The lowest BCUT2D eigenvalue weighted by Gasteiger charge is -2.35. The van der Waals surface area contributed by atoms with Crippen molar-refractivity contribution in [1.82, 2.24) is 14.7 Å². The van der Waals surface area contributed by atoms with Gasteiger partial charge in [0, 0.05) is 50.0 Å². The van der Waals surface area contributed by atoms with Gasteiger partial charge < -0.3 is 15.1 Å². The molecule has 0 aromatic heterocycles. The fraction of sp³-hybridized carbons (Fsp3) is 0.323. The first-order valence-electron chi connectivity index (χ1n) is 13.8. The molecule has 0 saturated carbocycles. The van der Waals surface area contributed by atoms with Crippen molar-refractivity contribution in [1.29, 1.82) is 0 Å². The first kappa shape index (κ1) is 29.1. The van der Waals surface area contributed by atoms with Crippen LogP contribution in [-0.2, 0) is 16.1 Å². The van der Waals surface area contributed by atoms with Gasteiger partial charge in [0.15, 0.2) is 5.11 Å². The van der Waals surface area contributed by atoms with Gasteiger partial charge >= 0.3 is 0 Å². The van der Waals surface area contributed by atoms with Gasteiger partial charge in [0.2, 0.25) is 5.91 Å². The topological polar surface area (TPSA) is 59.1 Å². The summed E-state index contributed by atoms with van der Waals surface area (Å²) in [7, 11) is 0. The van der Waals surface area contributed by atoms with Crippen molar-refractivity contribution >= 4 is 52.1 Å². The summed E-state index contributed by atoms with van der Waals surface area (Å²) in [5, 5.41) is 3.74. The third-order valence-electron chi connectivity index (χ3n) is 7.50. The molecule has 0 spiro atoms. The van der Waals surface area contributed by atoms with E-state index in [2.05, 4.69) is 39.4 Å². The molecule has 1 atom stereocenters. The van der Waals surface area contributed by atoms with Crippen LogP contribution >= 0.6 is 23.8 Å². The van der Waals surface area contributed by atoms with Gasteiger partial charge in [0.05, 0.1) is 12.1 Å². The number of thiocarbonyl (C=S) groups is 1. The number of piperazine rings is 1. The average Bonchev–Trinajstić information content (AvgIpc) is 3.20. The third kappa shape index (κ3) is 7.48. The first-order chi connectivity index (χ1) is 19.9. The lowest BCUT2D eigenvalue weighted by molar-refractivity contribution is -0.124. The number of hydrogen-bond acceptors (Lipinski definition) is 5. The predicted molar refractivity (Wildman–Crippen MR) is 164 cm³/mol. The molecule has 0 radical (unpaired) electrons. The van der Waals surface area contributed by atoms with E-state index in [-0.39, 0.29) is 18.2 Å². The summed E-state index contributed by atoms with van der Waals surface area (Å²) in [5.41, 5.74) is 2.41. The van der Waals surface area contributed by atoms with Gasteiger partial charge in [-0.3, -0.25) is 19.4 Å². The molecule has 2 heterocycles. The minimum absolute atomic E-state index is 0.0581. The van der Waals surface area contributed by atoms with Crippen molar-refractivity contribution in [3.8, 4) is 0 Å². The number of rotatable bonds is 10. The second-order valence-electron chi connectivity index (χ2n) is 10.4. The normalized spacial score (nSPS) is 18.2. The van der Waals surface area contributed by atoms with Gasteiger partial charge in [-0.15, -0.1) is 0 Å². The van der Waals surface area contributed by atoms with Crippen LogP contribution in [0.25, 0.3) is 0 Å². The van der Waals surface area contributed by atoms with Crippen molar-refractivity contribution in [3.63, 3.8) is 0 Å². The SMILES string of the molecule is O=C(C[C@H]1C(=O)N(c2ccc(F)cc2)C(=S)N1CCCN1CCN(Cc2ccccc2)CC1)Nc1ccc(Cl)cc1. The smallest absolute Gasteiger partial charge is 0.256 e. The number of halogens is 2. The van der Waals surface area contributed by atoms with E-state index in [1.807, 2.05) is 11.0 Å². The van der Waals surface area contributed by atoms with E-state index in [1.54, 1.807) is 24.3 Å². The van der Waals surface area contributed by atoms with Gasteiger partial charge in [0.1, 0.15) is 11.9 Å². The molecule has 0 unspecified atom stereocenters. The molecule has 2 fully saturated rings. The molecule has 2 aliphatic heterocycles. The Labute approximate surface area is 250 Å². The average molecular weight is 594 g/mol. The molecule has 5 rings (SSSR count). The van der Waals surface area contributed by atoms with Gasteiger partial charge in [-0.05, 0) is 79.3 Å². The highest BCUT2D eigenvalue weighted by molar-refractivity contribution is 7.80. The van der Waals surface area contributed by atoms with E-state index in [0.29, 0.717) is 28.1 Å². The first-order valence-corrected chi connectivity index (χ1v) is 14.6. The van der Waals surface area contributed by atoms with E-state index in [1.165, 1.54) is 34.7 Å². The van der Waals surface area contributed by atoms with Crippen LogP contribution in [0.1, 0.15) is 18.4 Å². The number of nitrogens with one attached hydrogen (secondary N) is 1. The van der Waals surface area contributed by atoms with E-state index in [0.717, 1.165) is 45.7 Å². The van der Waals surface area contributed by atoms with E-state index in [4.69, 9.17) is 23.8 Å². The van der Waals surface area contributed by atoms with Crippen LogP contribution in [-0.4, -0.2) is 76.9 Å². The zero-order valence-corrected chi connectivity index (χ0v) is 24.3. The van der Waals surface area contributed by atoms with E-state index < -0.39 is 11.9 Å². The fourth-order valence-corrected chi connectivity index (χ4v) is 5.85. The Kier molecular flexibility index (Phi) is 9.61. The molecule has 2 aliphatic rings. The number of amides is 2. The molecular weight excluding hydrogens is 561 g/mol. The molecule has 41 heavy (non-hydrogen) atoms. The fourth-order valence-electron chi connectivity index (χ4n) is 5.31. The summed E-state index contributed by atoms with van der Waals surface area (Å²) < 4.78 is 13.6. The highest BCUT2D eigenvalue weighted by Gasteiger charge is 2.44. The molecule has 1 N–H and O–H groups in total. The Morgan fingerprint density at radius 2 is 1.56 bits per heavy atom. The molecule has 7 nitrogen and oxygen atoms in total. The summed E-state index contributed by atoms with van der Waals surface area (Å²) in [5.74, 6) is -0.984.